The van der Waals surface area contributed by atoms with Gasteiger partial charge in [-0.15, -0.1) is 0 Å². The summed E-state index contributed by atoms with van der Waals surface area (Å²) in [6.07, 6.45) is 5.03. The van der Waals surface area contributed by atoms with Gasteiger partial charge in [0.2, 0.25) is 0 Å². The van der Waals surface area contributed by atoms with Crippen molar-refractivity contribution in [3.8, 4) is 6.07 Å². The molecule has 0 unspecified atom stereocenters. The van der Waals surface area contributed by atoms with Gasteiger partial charge in [0.15, 0.2) is 0 Å². The zero-order valence-electron chi connectivity index (χ0n) is 10.8. The summed E-state index contributed by atoms with van der Waals surface area (Å²) in [5, 5.41) is 8.99. The molecule has 19 heavy (non-hydrogen) atoms. The number of pyridine rings is 1. The van der Waals surface area contributed by atoms with E-state index in [2.05, 4.69) is 10.8 Å². The molecule has 2 atom stereocenters. The minimum Gasteiger partial charge on any atom is -0.465 e. The monoisotopic (exact) mass is 260 g/mol. The maximum atomic E-state index is 12.2. The first-order valence-electron chi connectivity index (χ1n) is 6.36. The quantitative estimate of drug-likeness (QED) is 0.761. The Morgan fingerprint density at radius 3 is 3.00 bits per heavy atom. The van der Waals surface area contributed by atoms with E-state index in [1.165, 1.54) is 13.2 Å². The summed E-state index contributed by atoms with van der Waals surface area (Å²) in [7, 11) is 1.26. The lowest BCUT2D eigenvalue weighted by Gasteiger charge is -2.27. The van der Waals surface area contributed by atoms with E-state index in [1.54, 1.807) is 16.8 Å². The topological polar surface area (TPSA) is 72.1 Å². The van der Waals surface area contributed by atoms with Crippen LogP contribution in [0.1, 0.15) is 42.1 Å². The number of hydrogen-bond acceptors (Lipinski definition) is 4. The highest BCUT2D eigenvalue weighted by Gasteiger charge is 2.24. The number of nitrogens with zero attached hydrogens (tertiary/aromatic N) is 2. The average molecular weight is 260 g/mol. The van der Waals surface area contributed by atoms with Gasteiger partial charge >= 0.3 is 5.97 Å². The van der Waals surface area contributed by atoms with Crippen LogP contribution in [0.4, 0.5) is 0 Å². The van der Waals surface area contributed by atoms with Crippen LogP contribution in [0.2, 0.25) is 0 Å². The molecule has 1 aliphatic rings. The Kier molecular flexibility index (Phi) is 4.00. The predicted molar refractivity (Wildman–Crippen MR) is 68.6 cm³/mol. The van der Waals surface area contributed by atoms with Crippen LogP contribution in [0.15, 0.2) is 23.1 Å². The molecular formula is C14H16N2O3. The van der Waals surface area contributed by atoms with Crippen molar-refractivity contribution in [2.45, 2.75) is 31.7 Å². The summed E-state index contributed by atoms with van der Waals surface area (Å²) >= 11 is 0. The third kappa shape index (κ3) is 2.68. The molecule has 1 aromatic heterocycles. The van der Waals surface area contributed by atoms with Gasteiger partial charge in [-0.05, 0) is 31.4 Å². The van der Waals surface area contributed by atoms with Crippen LogP contribution >= 0.6 is 0 Å². The standard InChI is InChI=1S/C14H16N2O3/c1-19-14(18)12-6-3-7-16(13(12)17)11-5-2-4-10(8-11)9-15/h3,6-7,10-11H,2,4-5,8H2,1H3/t10-,11+/m1/s1. The molecule has 0 N–H and O–H groups in total. The second kappa shape index (κ2) is 5.70. The number of ether oxygens (including phenoxy) is 1. The number of carbonyl (C=O) groups excluding carboxylic acids is 1. The number of carbonyl (C=O) groups is 1. The van der Waals surface area contributed by atoms with Crippen molar-refractivity contribution >= 4 is 5.97 Å². The summed E-state index contributed by atoms with van der Waals surface area (Å²) in [6, 6.07) is 5.40. The van der Waals surface area contributed by atoms with E-state index in [-0.39, 0.29) is 23.1 Å². The number of nitriles is 1. The van der Waals surface area contributed by atoms with Crippen molar-refractivity contribution in [3.63, 3.8) is 0 Å². The van der Waals surface area contributed by atoms with Crippen molar-refractivity contribution in [2.75, 3.05) is 7.11 Å². The molecule has 1 saturated carbocycles. The van der Waals surface area contributed by atoms with E-state index in [1.807, 2.05) is 0 Å². The molecule has 5 nitrogen and oxygen atoms in total. The van der Waals surface area contributed by atoms with Crippen LogP contribution in [0.25, 0.3) is 0 Å². The van der Waals surface area contributed by atoms with Gasteiger partial charge in [-0.2, -0.15) is 5.26 Å². The third-order valence-corrected chi connectivity index (χ3v) is 3.60. The molecule has 2 rings (SSSR count). The number of rotatable bonds is 2. The second-order valence-electron chi connectivity index (χ2n) is 4.77. The minimum atomic E-state index is -0.619. The highest BCUT2D eigenvalue weighted by atomic mass is 16.5. The Balaban J connectivity index is 2.33. The Bertz CT molecular complexity index is 571. The number of methoxy groups -OCH3 is 1. The van der Waals surface area contributed by atoms with Crippen LogP contribution in [0, 0.1) is 17.2 Å². The highest BCUT2D eigenvalue weighted by molar-refractivity contribution is 5.88. The normalized spacial score (nSPS) is 22.5. The number of aromatic nitrogens is 1. The van der Waals surface area contributed by atoms with E-state index >= 15 is 0 Å². The molecule has 0 radical (unpaired) electrons. The Morgan fingerprint density at radius 2 is 2.32 bits per heavy atom. The molecule has 100 valence electrons. The molecule has 0 bridgehead atoms. The predicted octanol–water partition coefficient (Wildman–Crippen LogP) is 1.89. The average Bonchev–Trinajstić information content (AvgIpc) is 2.46. The van der Waals surface area contributed by atoms with Gasteiger partial charge in [-0.3, -0.25) is 4.79 Å². The van der Waals surface area contributed by atoms with Crippen molar-refractivity contribution in [1.29, 1.82) is 5.26 Å². The van der Waals surface area contributed by atoms with Crippen LogP contribution in [0.5, 0.6) is 0 Å². The zero-order chi connectivity index (χ0) is 13.8. The van der Waals surface area contributed by atoms with Crippen LogP contribution in [0.3, 0.4) is 0 Å². The molecule has 1 heterocycles. The van der Waals surface area contributed by atoms with E-state index < -0.39 is 5.97 Å². The first-order valence-corrected chi connectivity index (χ1v) is 6.36. The molecule has 1 aliphatic carbocycles. The zero-order valence-corrected chi connectivity index (χ0v) is 10.8. The lowest BCUT2D eigenvalue weighted by Crippen LogP contribution is -2.31. The molecule has 1 fully saturated rings. The van der Waals surface area contributed by atoms with Gasteiger partial charge in [0.25, 0.3) is 5.56 Å². The molecule has 0 aliphatic heterocycles. The summed E-state index contributed by atoms with van der Waals surface area (Å²) in [5.41, 5.74) is -0.290. The lowest BCUT2D eigenvalue weighted by atomic mass is 9.86. The first kappa shape index (κ1) is 13.3. The maximum absolute atomic E-state index is 12.2. The molecule has 0 saturated heterocycles. The van der Waals surface area contributed by atoms with E-state index in [0.29, 0.717) is 6.42 Å². The molecule has 0 spiro atoms. The first-order chi connectivity index (χ1) is 9.17. The van der Waals surface area contributed by atoms with Crippen molar-refractivity contribution in [2.24, 2.45) is 5.92 Å². The third-order valence-electron chi connectivity index (χ3n) is 3.60. The fourth-order valence-corrected chi connectivity index (χ4v) is 2.60. The molecule has 0 aromatic carbocycles. The minimum absolute atomic E-state index is 0.00416. The van der Waals surface area contributed by atoms with E-state index in [4.69, 9.17) is 5.26 Å². The van der Waals surface area contributed by atoms with Crippen molar-refractivity contribution < 1.29 is 9.53 Å². The van der Waals surface area contributed by atoms with Gasteiger partial charge in [0, 0.05) is 18.2 Å². The molecule has 0 amide bonds. The summed E-state index contributed by atoms with van der Waals surface area (Å²) in [5.74, 6) is -0.626. The number of esters is 1. The Labute approximate surface area is 111 Å². The smallest absolute Gasteiger partial charge is 0.343 e. The van der Waals surface area contributed by atoms with Gasteiger partial charge in [0.1, 0.15) is 5.56 Å². The fourth-order valence-electron chi connectivity index (χ4n) is 2.60. The Hall–Kier alpha value is -2.09. The molecular weight excluding hydrogens is 244 g/mol. The van der Waals surface area contributed by atoms with E-state index in [0.717, 1.165) is 19.3 Å². The van der Waals surface area contributed by atoms with Crippen molar-refractivity contribution in [1.82, 2.24) is 4.57 Å². The Morgan fingerprint density at radius 1 is 1.53 bits per heavy atom. The van der Waals surface area contributed by atoms with Crippen molar-refractivity contribution in [3.05, 3.63) is 34.2 Å². The summed E-state index contributed by atoms with van der Waals surface area (Å²) < 4.78 is 6.16. The lowest BCUT2D eigenvalue weighted by molar-refractivity contribution is 0.0597. The second-order valence-corrected chi connectivity index (χ2v) is 4.77. The highest BCUT2D eigenvalue weighted by Crippen LogP contribution is 2.31. The largest absolute Gasteiger partial charge is 0.465 e. The maximum Gasteiger partial charge on any atom is 0.343 e. The molecule has 5 heteroatoms. The summed E-state index contributed by atoms with van der Waals surface area (Å²) in [4.78, 5) is 23.7. The van der Waals surface area contributed by atoms with Gasteiger partial charge in [0.05, 0.1) is 13.2 Å². The van der Waals surface area contributed by atoms with E-state index in [9.17, 15) is 9.59 Å². The van der Waals surface area contributed by atoms with Gasteiger partial charge in [-0.25, -0.2) is 4.79 Å². The van der Waals surface area contributed by atoms with Crippen LogP contribution in [-0.4, -0.2) is 17.6 Å². The fraction of sp³-hybridized carbons (Fsp3) is 0.500. The SMILES string of the molecule is COC(=O)c1cccn([C@H]2CCC[C@@H](C#N)C2)c1=O. The number of hydrogen-bond donors (Lipinski definition) is 0. The molecule has 1 aromatic rings. The van der Waals surface area contributed by atoms with Crippen LogP contribution < -0.4 is 5.56 Å². The van der Waals surface area contributed by atoms with Gasteiger partial charge < -0.3 is 9.30 Å². The summed E-state index contributed by atoms with van der Waals surface area (Å²) in [6.45, 7) is 0. The van der Waals surface area contributed by atoms with Crippen LogP contribution in [-0.2, 0) is 4.74 Å². The van der Waals surface area contributed by atoms with Gasteiger partial charge in [-0.1, -0.05) is 6.42 Å².